The highest BCUT2D eigenvalue weighted by Crippen LogP contribution is 2.35. The van der Waals surface area contributed by atoms with Gasteiger partial charge in [-0.25, -0.2) is 8.42 Å². The lowest BCUT2D eigenvalue weighted by molar-refractivity contribution is 0.476. The number of rotatable bonds is 2. The van der Waals surface area contributed by atoms with Crippen molar-refractivity contribution in [3.63, 3.8) is 0 Å². The fourth-order valence-electron chi connectivity index (χ4n) is 1.88. The molecule has 1 aromatic carbocycles. The summed E-state index contributed by atoms with van der Waals surface area (Å²) in [7, 11) is -3.43. The molecule has 17 heavy (non-hydrogen) atoms. The quantitative estimate of drug-likeness (QED) is 0.798. The highest BCUT2D eigenvalue weighted by molar-refractivity contribution is 9.11. The Labute approximate surface area is 117 Å². The van der Waals surface area contributed by atoms with Crippen LogP contribution in [0.3, 0.4) is 0 Å². The SMILES string of the molecule is Nc1cc(Br)c(S(=O)(=O)N2CCCC2)c(Br)c1. The molecule has 0 atom stereocenters. The molecule has 0 spiro atoms. The molecule has 0 bridgehead atoms. The van der Waals surface area contributed by atoms with E-state index >= 15 is 0 Å². The standard InChI is InChI=1S/C10H12Br2N2O2S/c11-8-5-7(13)6-9(12)10(8)17(15,16)14-3-1-2-4-14/h5-6H,1-4,13H2. The second-order valence-corrected chi connectivity index (χ2v) is 7.51. The van der Waals surface area contributed by atoms with E-state index in [0.717, 1.165) is 12.8 Å². The van der Waals surface area contributed by atoms with Crippen LogP contribution < -0.4 is 5.73 Å². The Morgan fingerprint density at radius 1 is 1.12 bits per heavy atom. The van der Waals surface area contributed by atoms with Crippen LogP contribution in [0.15, 0.2) is 26.0 Å². The molecular weight excluding hydrogens is 372 g/mol. The van der Waals surface area contributed by atoms with Crippen LogP contribution in [-0.2, 0) is 10.0 Å². The minimum Gasteiger partial charge on any atom is -0.399 e. The molecule has 2 N–H and O–H groups in total. The third-order valence-electron chi connectivity index (χ3n) is 2.68. The van der Waals surface area contributed by atoms with Crippen molar-refractivity contribution in [1.82, 2.24) is 4.31 Å². The molecule has 0 amide bonds. The van der Waals surface area contributed by atoms with Crippen molar-refractivity contribution < 1.29 is 8.42 Å². The lowest BCUT2D eigenvalue weighted by Gasteiger charge is -2.18. The van der Waals surface area contributed by atoms with E-state index < -0.39 is 10.0 Å². The first-order valence-electron chi connectivity index (χ1n) is 5.17. The molecule has 1 aromatic rings. The van der Waals surface area contributed by atoms with Crippen molar-refractivity contribution in [3.8, 4) is 0 Å². The third-order valence-corrected chi connectivity index (χ3v) is 6.46. The first-order chi connectivity index (χ1) is 7.93. The lowest BCUT2D eigenvalue weighted by atomic mass is 10.3. The van der Waals surface area contributed by atoms with Crippen molar-refractivity contribution in [2.24, 2.45) is 0 Å². The normalized spacial score (nSPS) is 17.5. The minimum absolute atomic E-state index is 0.258. The van der Waals surface area contributed by atoms with Crippen LogP contribution in [0.25, 0.3) is 0 Å². The van der Waals surface area contributed by atoms with Crippen LogP contribution in [-0.4, -0.2) is 25.8 Å². The average molecular weight is 384 g/mol. The Kier molecular flexibility index (Phi) is 3.82. The zero-order chi connectivity index (χ0) is 12.6. The monoisotopic (exact) mass is 382 g/mol. The van der Waals surface area contributed by atoms with Crippen molar-refractivity contribution >= 4 is 47.6 Å². The Balaban J connectivity index is 2.53. The Hall–Kier alpha value is -0.110. The first kappa shape index (κ1) is 13.3. The van der Waals surface area contributed by atoms with E-state index in [2.05, 4.69) is 31.9 Å². The van der Waals surface area contributed by atoms with Gasteiger partial charge >= 0.3 is 0 Å². The highest BCUT2D eigenvalue weighted by atomic mass is 79.9. The Morgan fingerprint density at radius 2 is 1.59 bits per heavy atom. The number of anilines is 1. The van der Waals surface area contributed by atoms with Crippen LogP contribution in [0.1, 0.15) is 12.8 Å². The van der Waals surface area contributed by atoms with Crippen LogP contribution in [0.5, 0.6) is 0 Å². The maximum atomic E-state index is 12.4. The molecule has 1 fully saturated rings. The third kappa shape index (κ3) is 2.52. The van der Waals surface area contributed by atoms with Crippen LogP contribution in [0, 0.1) is 0 Å². The molecule has 0 aliphatic carbocycles. The summed E-state index contributed by atoms with van der Waals surface area (Å²) in [6.07, 6.45) is 1.84. The van der Waals surface area contributed by atoms with Gasteiger partial charge < -0.3 is 5.73 Å². The molecule has 1 saturated heterocycles. The van der Waals surface area contributed by atoms with Gasteiger partial charge in [-0.05, 0) is 56.8 Å². The van der Waals surface area contributed by atoms with Gasteiger partial charge in [-0.1, -0.05) is 0 Å². The van der Waals surface area contributed by atoms with Gasteiger partial charge in [0.05, 0.1) is 0 Å². The van der Waals surface area contributed by atoms with E-state index in [0.29, 0.717) is 27.7 Å². The molecule has 1 heterocycles. The number of nitrogens with two attached hydrogens (primary N) is 1. The Bertz CT molecular complexity index is 516. The summed E-state index contributed by atoms with van der Waals surface area (Å²) < 4.78 is 27.3. The van der Waals surface area contributed by atoms with Crippen molar-refractivity contribution in [2.45, 2.75) is 17.7 Å². The van der Waals surface area contributed by atoms with Gasteiger partial charge in [-0.15, -0.1) is 0 Å². The molecule has 0 unspecified atom stereocenters. The lowest BCUT2D eigenvalue weighted by Crippen LogP contribution is -2.28. The summed E-state index contributed by atoms with van der Waals surface area (Å²) in [5, 5.41) is 0. The molecule has 0 radical (unpaired) electrons. The number of sulfonamides is 1. The van der Waals surface area contributed by atoms with E-state index in [9.17, 15) is 8.42 Å². The molecule has 1 aliphatic rings. The molecule has 4 nitrogen and oxygen atoms in total. The number of nitrogen functional groups attached to an aromatic ring is 1. The van der Waals surface area contributed by atoms with E-state index in [1.54, 1.807) is 12.1 Å². The van der Waals surface area contributed by atoms with E-state index in [4.69, 9.17) is 5.73 Å². The van der Waals surface area contributed by atoms with Gasteiger partial charge in [0.15, 0.2) is 0 Å². The second kappa shape index (κ2) is 4.87. The fourth-order valence-corrected chi connectivity index (χ4v) is 5.94. The van der Waals surface area contributed by atoms with Crippen molar-refractivity contribution in [1.29, 1.82) is 0 Å². The van der Waals surface area contributed by atoms with Crippen molar-refractivity contribution in [2.75, 3.05) is 18.8 Å². The van der Waals surface area contributed by atoms with E-state index in [1.165, 1.54) is 4.31 Å². The van der Waals surface area contributed by atoms with Crippen molar-refractivity contribution in [3.05, 3.63) is 21.1 Å². The molecule has 0 saturated carbocycles. The van der Waals surface area contributed by atoms with Gasteiger partial charge in [0, 0.05) is 27.7 Å². The summed E-state index contributed by atoms with van der Waals surface area (Å²) in [5.41, 5.74) is 6.17. The zero-order valence-electron chi connectivity index (χ0n) is 8.99. The number of hydrogen-bond acceptors (Lipinski definition) is 3. The van der Waals surface area contributed by atoms with Crippen LogP contribution >= 0.6 is 31.9 Å². The molecule has 2 rings (SSSR count). The summed E-state index contributed by atoms with van der Waals surface area (Å²) in [5.74, 6) is 0. The summed E-state index contributed by atoms with van der Waals surface area (Å²) in [4.78, 5) is 0.258. The van der Waals surface area contributed by atoms with Gasteiger partial charge in [-0.2, -0.15) is 4.31 Å². The number of benzene rings is 1. The van der Waals surface area contributed by atoms with E-state index in [1.807, 2.05) is 0 Å². The molecule has 7 heteroatoms. The molecule has 1 aliphatic heterocycles. The van der Waals surface area contributed by atoms with E-state index in [-0.39, 0.29) is 4.90 Å². The first-order valence-corrected chi connectivity index (χ1v) is 8.20. The van der Waals surface area contributed by atoms with Crippen LogP contribution in [0.2, 0.25) is 0 Å². The molecule has 0 aromatic heterocycles. The fraction of sp³-hybridized carbons (Fsp3) is 0.400. The molecular formula is C10H12Br2N2O2S. The second-order valence-electron chi connectivity index (χ2n) is 3.92. The summed E-state index contributed by atoms with van der Waals surface area (Å²) in [6.45, 7) is 1.18. The highest BCUT2D eigenvalue weighted by Gasteiger charge is 2.30. The predicted octanol–water partition coefficient (Wildman–Crippen LogP) is 2.58. The summed E-state index contributed by atoms with van der Waals surface area (Å²) >= 11 is 6.53. The maximum absolute atomic E-state index is 12.4. The Morgan fingerprint density at radius 3 is 2.06 bits per heavy atom. The number of hydrogen-bond donors (Lipinski definition) is 1. The van der Waals surface area contributed by atoms with Crippen LogP contribution in [0.4, 0.5) is 5.69 Å². The minimum atomic E-state index is -3.43. The molecule has 94 valence electrons. The smallest absolute Gasteiger partial charge is 0.245 e. The number of halogens is 2. The summed E-state index contributed by atoms with van der Waals surface area (Å²) in [6, 6.07) is 3.21. The zero-order valence-corrected chi connectivity index (χ0v) is 13.0. The topological polar surface area (TPSA) is 63.4 Å². The maximum Gasteiger partial charge on any atom is 0.245 e. The van der Waals surface area contributed by atoms with Gasteiger partial charge in [0.1, 0.15) is 4.90 Å². The van der Waals surface area contributed by atoms with Gasteiger partial charge in [0.2, 0.25) is 10.0 Å². The predicted molar refractivity (Wildman–Crippen MR) is 74.2 cm³/mol. The average Bonchev–Trinajstić information content (AvgIpc) is 2.67. The largest absolute Gasteiger partial charge is 0.399 e. The van der Waals surface area contributed by atoms with Gasteiger partial charge in [0.25, 0.3) is 0 Å². The number of nitrogens with zero attached hydrogens (tertiary/aromatic N) is 1. The van der Waals surface area contributed by atoms with Gasteiger partial charge in [-0.3, -0.25) is 0 Å².